The van der Waals surface area contributed by atoms with E-state index >= 15 is 0 Å². The van der Waals surface area contributed by atoms with Gasteiger partial charge in [-0.1, -0.05) is 0 Å². The summed E-state index contributed by atoms with van der Waals surface area (Å²) < 4.78 is 5.62. The highest BCUT2D eigenvalue weighted by atomic mass is 35.5. The van der Waals surface area contributed by atoms with Gasteiger partial charge in [0.2, 0.25) is 0 Å². The zero-order valence-electron chi connectivity index (χ0n) is 6.24. The molecule has 0 saturated carbocycles. The van der Waals surface area contributed by atoms with Gasteiger partial charge in [-0.3, -0.25) is 8.88 Å². The molecule has 1 rings (SSSR count). The molecule has 0 bridgehead atoms. The predicted molar refractivity (Wildman–Crippen MR) is 43.4 cm³/mol. The normalized spacial score (nSPS) is 7.82. The van der Waals surface area contributed by atoms with Crippen LogP contribution in [-0.2, 0) is 9.53 Å². The summed E-state index contributed by atoms with van der Waals surface area (Å²) in [5.41, 5.74) is 0. The van der Waals surface area contributed by atoms with E-state index in [1.165, 1.54) is 4.09 Å². The molecular formula is C7H10ClNO2. The van der Waals surface area contributed by atoms with Crippen molar-refractivity contribution >= 4 is 18.2 Å². The third-order valence-corrected chi connectivity index (χ3v) is 1.03. The van der Waals surface area contributed by atoms with Crippen LogP contribution in [0.1, 0.15) is 6.92 Å². The molecule has 0 radical (unpaired) electrons. The van der Waals surface area contributed by atoms with Crippen LogP contribution in [0.4, 0.5) is 0 Å². The molecule has 0 atom stereocenters. The van der Waals surface area contributed by atoms with Gasteiger partial charge in [-0.15, -0.1) is 0 Å². The molecule has 3 nitrogen and oxygen atoms in total. The lowest BCUT2D eigenvalue weighted by Crippen LogP contribution is -1.80. The Morgan fingerprint density at radius 1 is 1.55 bits per heavy atom. The van der Waals surface area contributed by atoms with Crippen LogP contribution in [0.25, 0.3) is 0 Å². The summed E-state index contributed by atoms with van der Waals surface area (Å²) in [6.45, 7) is 2.66. The van der Waals surface area contributed by atoms with Crippen LogP contribution in [0.3, 0.4) is 0 Å². The summed E-state index contributed by atoms with van der Waals surface area (Å²) in [5, 5.41) is 0. The molecule has 0 fully saturated rings. The first kappa shape index (κ1) is 10.0. The van der Waals surface area contributed by atoms with Gasteiger partial charge in [0.1, 0.15) is 0 Å². The summed E-state index contributed by atoms with van der Waals surface area (Å²) >= 11 is 5.37. The van der Waals surface area contributed by atoms with E-state index in [-0.39, 0.29) is 0 Å². The van der Waals surface area contributed by atoms with Crippen molar-refractivity contribution in [3.8, 4) is 0 Å². The molecule has 0 aliphatic heterocycles. The van der Waals surface area contributed by atoms with E-state index in [0.717, 1.165) is 0 Å². The molecular weight excluding hydrogens is 166 g/mol. The summed E-state index contributed by atoms with van der Waals surface area (Å²) in [6.07, 6.45) is 3.53. The highest BCUT2D eigenvalue weighted by Crippen LogP contribution is 1.88. The fraction of sp³-hybridized carbons (Fsp3) is 0.286. The number of hydrogen-bond acceptors (Lipinski definition) is 2. The third kappa shape index (κ3) is 6.93. The molecule has 62 valence electrons. The van der Waals surface area contributed by atoms with Crippen molar-refractivity contribution in [2.75, 3.05) is 6.61 Å². The van der Waals surface area contributed by atoms with Crippen molar-refractivity contribution in [2.24, 2.45) is 0 Å². The molecule has 0 N–H and O–H groups in total. The second kappa shape index (κ2) is 7.15. The van der Waals surface area contributed by atoms with Gasteiger partial charge < -0.3 is 4.74 Å². The van der Waals surface area contributed by atoms with Crippen LogP contribution in [0.15, 0.2) is 24.5 Å². The predicted octanol–water partition coefficient (Wildman–Crippen LogP) is 1.67. The molecule has 0 amide bonds. The van der Waals surface area contributed by atoms with Gasteiger partial charge >= 0.3 is 0 Å². The Labute approximate surface area is 70.6 Å². The first-order valence-corrected chi connectivity index (χ1v) is 3.49. The molecule has 1 heterocycles. The topological polar surface area (TPSA) is 31.2 Å². The first-order valence-electron chi connectivity index (χ1n) is 3.15. The quantitative estimate of drug-likeness (QED) is 0.641. The average molecular weight is 176 g/mol. The van der Waals surface area contributed by atoms with Crippen LogP contribution in [-0.4, -0.2) is 17.2 Å². The Morgan fingerprint density at radius 3 is 2.18 bits per heavy atom. The minimum Gasteiger partial charge on any atom is -0.468 e. The van der Waals surface area contributed by atoms with E-state index in [4.69, 9.17) is 11.8 Å². The number of carbonyl (C=O) groups is 1. The van der Waals surface area contributed by atoms with E-state index in [9.17, 15) is 4.79 Å². The lowest BCUT2D eigenvalue weighted by atomic mass is 10.7. The maximum Gasteiger partial charge on any atom is 0.293 e. The van der Waals surface area contributed by atoms with E-state index in [1.54, 1.807) is 19.3 Å². The van der Waals surface area contributed by atoms with E-state index in [2.05, 4.69) is 4.74 Å². The fourth-order valence-electron chi connectivity index (χ4n) is 0.382. The lowest BCUT2D eigenvalue weighted by Gasteiger charge is -1.79. The molecule has 1 aromatic rings. The molecule has 0 aliphatic carbocycles. The Bertz CT molecular complexity index is 175. The maximum absolute atomic E-state index is 9.18. The monoisotopic (exact) mass is 175 g/mol. The largest absolute Gasteiger partial charge is 0.468 e. The third-order valence-electron chi connectivity index (χ3n) is 0.803. The smallest absolute Gasteiger partial charge is 0.293 e. The van der Waals surface area contributed by atoms with Gasteiger partial charge in [0.05, 0.1) is 6.61 Å². The summed E-state index contributed by atoms with van der Waals surface area (Å²) in [5.74, 6) is 0. The van der Waals surface area contributed by atoms with Crippen molar-refractivity contribution in [3.05, 3.63) is 24.5 Å². The van der Waals surface area contributed by atoms with Crippen LogP contribution in [0.2, 0.25) is 0 Å². The summed E-state index contributed by atoms with van der Waals surface area (Å²) in [6, 6.07) is 3.74. The zero-order chi connectivity index (χ0) is 8.53. The molecule has 0 aromatic carbocycles. The molecule has 0 unspecified atom stereocenters. The van der Waals surface area contributed by atoms with Gasteiger partial charge in [0, 0.05) is 24.2 Å². The van der Waals surface area contributed by atoms with E-state index < -0.39 is 0 Å². The molecule has 0 saturated heterocycles. The van der Waals surface area contributed by atoms with Gasteiger partial charge in [-0.2, -0.15) is 0 Å². The van der Waals surface area contributed by atoms with Gasteiger partial charge in [-0.05, 0) is 19.1 Å². The number of carbonyl (C=O) groups excluding carboxylic acids is 1. The summed E-state index contributed by atoms with van der Waals surface area (Å²) in [4.78, 5) is 9.18. The highest BCUT2D eigenvalue weighted by molar-refractivity contribution is 6.15. The van der Waals surface area contributed by atoms with E-state index in [0.29, 0.717) is 13.1 Å². The Balaban J connectivity index is 0.000000187. The van der Waals surface area contributed by atoms with Crippen LogP contribution >= 0.6 is 11.8 Å². The number of nitrogens with zero attached hydrogens (tertiary/aromatic N) is 1. The molecule has 4 heteroatoms. The van der Waals surface area contributed by atoms with Crippen LogP contribution < -0.4 is 0 Å². The first-order chi connectivity index (χ1) is 5.31. The molecule has 11 heavy (non-hydrogen) atoms. The maximum atomic E-state index is 9.18. The molecule has 0 aliphatic rings. The SMILES string of the molecule is CCOC=O.Cln1cccc1. The van der Waals surface area contributed by atoms with Crippen molar-refractivity contribution in [3.63, 3.8) is 0 Å². The van der Waals surface area contributed by atoms with Crippen LogP contribution in [0, 0.1) is 0 Å². The van der Waals surface area contributed by atoms with Gasteiger partial charge in [0.15, 0.2) is 0 Å². The standard InChI is InChI=1S/C4H4ClN.C3H6O2/c5-6-3-1-2-4-6;1-2-5-3-4/h1-4H;3H,2H2,1H3. The number of ether oxygens (including phenoxy) is 1. The van der Waals surface area contributed by atoms with Crippen molar-refractivity contribution < 1.29 is 9.53 Å². The highest BCUT2D eigenvalue weighted by Gasteiger charge is 1.71. The van der Waals surface area contributed by atoms with Crippen LogP contribution in [0.5, 0.6) is 0 Å². The fourth-order valence-corrected chi connectivity index (χ4v) is 0.512. The van der Waals surface area contributed by atoms with Crippen molar-refractivity contribution in [1.82, 2.24) is 4.09 Å². The number of hydrogen-bond donors (Lipinski definition) is 0. The lowest BCUT2D eigenvalue weighted by molar-refractivity contribution is -0.128. The molecule has 0 spiro atoms. The second-order valence-electron chi connectivity index (χ2n) is 1.58. The minimum atomic E-state index is 0.431. The van der Waals surface area contributed by atoms with Gasteiger partial charge in [0.25, 0.3) is 6.47 Å². The molecule has 1 aromatic heterocycles. The second-order valence-corrected chi connectivity index (χ2v) is 1.97. The van der Waals surface area contributed by atoms with Crippen molar-refractivity contribution in [1.29, 1.82) is 0 Å². The zero-order valence-corrected chi connectivity index (χ0v) is 6.99. The van der Waals surface area contributed by atoms with Crippen molar-refractivity contribution in [2.45, 2.75) is 6.92 Å². The number of aromatic nitrogens is 1. The average Bonchev–Trinajstić information content (AvgIpc) is 2.43. The number of rotatable bonds is 2. The summed E-state index contributed by atoms with van der Waals surface area (Å²) in [7, 11) is 0. The Morgan fingerprint density at radius 2 is 2.09 bits per heavy atom. The van der Waals surface area contributed by atoms with Gasteiger partial charge in [-0.25, -0.2) is 0 Å². The number of halogens is 1. The van der Waals surface area contributed by atoms with E-state index in [1.807, 2.05) is 12.1 Å². The minimum absolute atomic E-state index is 0.431. The Hall–Kier alpha value is -0.960. The Kier molecular flexibility index (Phi) is 6.53.